The van der Waals surface area contributed by atoms with Crippen molar-refractivity contribution < 1.29 is 17.2 Å². The topological polar surface area (TPSA) is 62.6 Å². The molecule has 5 nitrogen and oxygen atoms in total. The molecule has 0 radical (unpaired) electrons. The summed E-state index contributed by atoms with van der Waals surface area (Å²) in [6, 6.07) is 6.92. The molecule has 0 saturated heterocycles. The summed E-state index contributed by atoms with van der Waals surface area (Å²) in [5, 5.41) is 0. The Morgan fingerprint density at radius 2 is 2.05 bits per heavy atom. The number of rotatable bonds is 6. The summed E-state index contributed by atoms with van der Waals surface area (Å²) in [7, 11) is -0.0365. The molecule has 1 N–H and O–H groups in total. The van der Waals surface area contributed by atoms with Crippen molar-refractivity contribution in [1.29, 1.82) is 0 Å². The number of sulfonamides is 1. The fourth-order valence-corrected chi connectivity index (χ4v) is 3.46. The lowest BCUT2D eigenvalue weighted by Gasteiger charge is -2.22. The Labute approximate surface area is 129 Å². The molecule has 22 heavy (non-hydrogen) atoms. The summed E-state index contributed by atoms with van der Waals surface area (Å²) in [6.45, 7) is 1.72. The summed E-state index contributed by atoms with van der Waals surface area (Å²) in [6.07, 6.45) is 1.55. The van der Waals surface area contributed by atoms with Gasteiger partial charge in [-0.1, -0.05) is 0 Å². The van der Waals surface area contributed by atoms with Crippen LogP contribution in [0.25, 0.3) is 0 Å². The van der Waals surface area contributed by atoms with Crippen LogP contribution in [0.1, 0.15) is 17.4 Å². The number of benzene rings is 1. The maximum Gasteiger partial charge on any atom is 0.240 e. The van der Waals surface area contributed by atoms with Crippen LogP contribution in [0, 0.1) is 12.7 Å². The van der Waals surface area contributed by atoms with E-state index in [-0.39, 0.29) is 17.5 Å². The summed E-state index contributed by atoms with van der Waals surface area (Å²) >= 11 is 0. The summed E-state index contributed by atoms with van der Waals surface area (Å²) in [5.74, 6) is 0.210. The zero-order valence-corrected chi connectivity index (χ0v) is 13.5. The molecule has 0 saturated carbocycles. The van der Waals surface area contributed by atoms with Crippen LogP contribution in [0.15, 0.2) is 45.9 Å². The number of halogens is 1. The zero-order valence-electron chi connectivity index (χ0n) is 12.7. The predicted octanol–water partition coefficient (Wildman–Crippen LogP) is 2.31. The van der Waals surface area contributed by atoms with Gasteiger partial charge in [0.05, 0.1) is 17.2 Å². The highest BCUT2D eigenvalue weighted by Crippen LogP contribution is 2.20. The van der Waals surface area contributed by atoms with E-state index < -0.39 is 15.8 Å². The maximum atomic E-state index is 13.1. The van der Waals surface area contributed by atoms with Crippen LogP contribution in [-0.2, 0) is 10.0 Å². The van der Waals surface area contributed by atoms with E-state index in [0.717, 1.165) is 6.07 Å². The van der Waals surface area contributed by atoms with Gasteiger partial charge in [0.1, 0.15) is 11.6 Å². The Bertz CT molecular complexity index is 727. The van der Waals surface area contributed by atoms with Crippen molar-refractivity contribution in [2.24, 2.45) is 0 Å². The van der Waals surface area contributed by atoms with Crippen LogP contribution in [0.3, 0.4) is 0 Å². The quantitative estimate of drug-likeness (QED) is 0.885. The van der Waals surface area contributed by atoms with E-state index in [1.165, 1.54) is 12.1 Å². The molecule has 1 unspecified atom stereocenters. The first-order valence-electron chi connectivity index (χ1n) is 6.77. The monoisotopic (exact) mass is 326 g/mol. The fourth-order valence-electron chi connectivity index (χ4n) is 2.20. The van der Waals surface area contributed by atoms with Crippen molar-refractivity contribution in [2.75, 3.05) is 20.6 Å². The van der Waals surface area contributed by atoms with Crippen LogP contribution < -0.4 is 4.72 Å². The summed E-state index contributed by atoms with van der Waals surface area (Å²) in [4.78, 5) is 1.93. The molecule has 7 heteroatoms. The van der Waals surface area contributed by atoms with E-state index >= 15 is 0 Å². The third kappa shape index (κ3) is 3.73. The van der Waals surface area contributed by atoms with Crippen LogP contribution >= 0.6 is 0 Å². The third-order valence-corrected chi connectivity index (χ3v) is 4.97. The van der Waals surface area contributed by atoms with Gasteiger partial charge in [0.15, 0.2) is 0 Å². The number of aryl methyl sites for hydroxylation is 1. The minimum atomic E-state index is -3.71. The largest absolute Gasteiger partial charge is 0.468 e. The highest BCUT2D eigenvalue weighted by atomic mass is 32.2. The molecule has 1 aromatic heterocycles. The molecule has 0 aliphatic rings. The van der Waals surface area contributed by atoms with E-state index in [2.05, 4.69) is 4.72 Å². The predicted molar refractivity (Wildman–Crippen MR) is 81.5 cm³/mol. The van der Waals surface area contributed by atoms with Crippen molar-refractivity contribution in [3.63, 3.8) is 0 Å². The Balaban J connectivity index is 2.18. The lowest BCUT2D eigenvalue weighted by molar-refractivity contribution is 0.259. The van der Waals surface area contributed by atoms with Crippen molar-refractivity contribution in [1.82, 2.24) is 9.62 Å². The molecular weight excluding hydrogens is 307 g/mol. The molecular formula is C15H19FN2O3S. The normalized spacial score (nSPS) is 13.5. The van der Waals surface area contributed by atoms with Gasteiger partial charge in [-0.25, -0.2) is 17.5 Å². The minimum Gasteiger partial charge on any atom is -0.468 e. The molecule has 1 heterocycles. The van der Waals surface area contributed by atoms with Gasteiger partial charge in [0, 0.05) is 6.54 Å². The number of hydrogen-bond acceptors (Lipinski definition) is 4. The molecule has 1 atom stereocenters. The van der Waals surface area contributed by atoms with E-state index in [0.29, 0.717) is 11.3 Å². The molecule has 0 aliphatic heterocycles. The Hall–Kier alpha value is -1.70. The molecule has 120 valence electrons. The van der Waals surface area contributed by atoms with Crippen molar-refractivity contribution >= 4 is 10.0 Å². The molecule has 0 spiro atoms. The lowest BCUT2D eigenvalue weighted by Crippen LogP contribution is -2.34. The van der Waals surface area contributed by atoms with E-state index in [9.17, 15) is 12.8 Å². The average molecular weight is 326 g/mol. The van der Waals surface area contributed by atoms with Gasteiger partial charge in [-0.3, -0.25) is 4.90 Å². The first-order valence-corrected chi connectivity index (χ1v) is 8.25. The van der Waals surface area contributed by atoms with Crippen molar-refractivity contribution in [3.05, 3.63) is 53.7 Å². The summed E-state index contributed by atoms with van der Waals surface area (Å²) in [5.41, 5.74) is 0.368. The first-order chi connectivity index (χ1) is 10.3. The molecule has 2 rings (SSSR count). The van der Waals surface area contributed by atoms with Gasteiger partial charge >= 0.3 is 0 Å². The van der Waals surface area contributed by atoms with E-state index in [1.54, 1.807) is 25.3 Å². The molecule has 0 aliphatic carbocycles. The lowest BCUT2D eigenvalue weighted by atomic mass is 10.2. The second-order valence-electron chi connectivity index (χ2n) is 5.26. The SMILES string of the molecule is Cc1cc(F)ccc1S(=O)(=O)NCC(c1ccco1)N(C)C. The Morgan fingerprint density at radius 3 is 2.59 bits per heavy atom. The van der Waals surface area contributed by atoms with Gasteiger partial charge in [-0.2, -0.15) is 0 Å². The van der Waals surface area contributed by atoms with Crippen molar-refractivity contribution in [2.45, 2.75) is 17.9 Å². The molecule has 0 amide bonds. The standard InChI is InChI=1S/C15H19FN2O3S/c1-11-9-12(16)6-7-15(11)22(19,20)17-10-13(18(2)3)14-5-4-8-21-14/h4-9,13,17H,10H2,1-3H3. The van der Waals surface area contributed by atoms with Crippen LogP contribution in [0.4, 0.5) is 4.39 Å². The Morgan fingerprint density at radius 1 is 1.32 bits per heavy atom. The van der Waals surface area contributed by atoms with Crippen molar-refractivity contribution in [3.8, 4) is 0 Å². The molecule has 1 aromatic carbocycles. The van der Waals surface area contributed by atoms with Gasteiger partial charge in [-0.15, -0.1) is 0 Å². The number of nitrogens with one attached hydrogen (secondary N) is 1. The fraction of sp³-hybridized carbons (Fsp3) is 0.333. The smallest absolute Gasteiger partial charge is 0.240 e. The van der Waals surface area contributed by atoms with E-state index in [4.69, 9.17) is 4.42 Å². The minimum absolute atomic E-state index is 0.0749. The number of furan rings is 1. The Kier molecular flexibility index (Phi) is 5.00. The van der Waals surface area contributed by atoms with Gasteiger partial charge in [-0.05, 0) is 56.9 Å². The number of nitrogens with zero attached hydrogens (tertiary/aromatic N) is 1. The molecule has 2 aromatic rings. The van der Waals surface area contributed by atoms with Gasteiger partial charge in [0.25, 0.3) is 0 Å². The number of likely N-dealkylation sites (N-methyl/N-ethyl adjacent to an activating group) is 1. The van der Waals surface area contributed by atoms with Crippen LogP contribution in [-0.4, -0.2) is 34.0 Å². The zero-order chi connectivity index (χ0) is 16.3. The third-order valence-electron chi connectivity index (χ3n) is 3.39. The first kappa shape index (κ1) is 16.7. The second-order valence-corrected chi connectivity index (χ2v) is 6.99. The maximum absolute atomic E-state index is 13.1. The highest BCUT2D eigenvalue weighted by Gasteiger charge is 2.22. The molecule has 0 bridgehead atoms. The van der Waals surface area contributed by atoms with Crippen LogP contribution in [0.2, 0.25) is 0 Å². The second kappa shape index (κ2) is 6.60. The summed E-state index contributed by atoms with van der Waals surface area (Å²) < 4.78 is 45.8. The highest BCUT2D eigenvalue weighted by molar-refractivity contribution is 7.89. The average Bonchev–Trinajstić information content (AvgIpc) is 2.91. The van der Waals surface area contributed by atoms with E-state index in [1.807, 2.05) is 19.0 Å². The van der Waals surface area contributed by atoms with Gasteiger partial charge < -0.3 is 4.42 Å². The van der Waals surface area contributed by atoms with Gasteiger partial charge in [0.2, 0.25) is 10.0 Å². The van der Waals surface area contributed by atoms with Crippen LogP contribution in [0.5, 0.6) is 0 Å². The number of hydrogen-bond donors (Lipinski definition) is 1. The molecule has 0 fully saturated rings.